The van der Waals surface area contributed by atoms with Crippen LogP contribution in [0.1, 0.15) is 32.6 Å². The Labute approximate surface area is 98.6 Å². The maximum Gasteiger partial charge on any atom is 0.0692 e. The van der Waals surface area contributed by atoms with Gasteiger partial charge in [0.05, 0.1) is 6.10 Å². The second-order valence-corrected chi connectivity index (χ2v) is 4.59. The number of hydrogen-bond acceptors (Lipinski definition) is 3. The van der Waals surface area contributed by atoms with Gasteiger partial charge in [-0.2, -0.15) is 0 Å². The van der Waals surface area contributed by atoms with E-state index in [9.17, 15) is 5.11 Å². The van der Waals surface area contributed by atoms with Crippen LogP contribution in [0.25, 0.3) is 0 Å². The lowest BCUT2D eigenvalue weighted by Gasteiger charge is -2.46. The summed E-state index contributed by atoms with van der Waals surface area (Å²) in [6, 6.07) is 1.13. The summed E-state index contributed by atoms with van der Waals surface area (Å²) in [6.07, 6.45) is 4.56. The first kappa shape index (κ1) is 13.2. The number of hydrogen-bond donors (Lipinski definition) is 2. The number of aliphatic hydroxyl groups excluding tert-OH is 1. The van der Waals surface area contributed by atoms with Crippen molar-refractivity contribution in [3.05, 3.63) is 0 Å². The van der Waals surface area contributed by atoms with Crippen molar-refractivity contribution < 1.29 is 5.11 Å². The van der Waals surface area contributed by atoms with Crippen LogP contribution < -0.4 is 5.32 Å². The molecule has 15 heavy (non-hydrogen) atoms. The number of nitrogens with zero attached hydrogens (tertiary/aromatic N) is 1. The van der Waals surface area contributed by atoms with Gasteiger partial charge in [-0.3, -0.25) is 4.90 Å². The Bertz CT molecular complexity index is 175. The van der Waals surface area contributed by atoms with E-state index in [1.165, 1.54) is 25.8 Å². The van der Waals surface area contributed by atoms with Crippen molar-refractivity contribution in [3.63, 3.8) is 0 Å². The number of likely N-dealkylation sites (tertiary alicyclic amines) is 1. The second kappa shape index (κ2) is 6.04. The van der Waals surface area contributed by atoms with Crippen LogP contribution in [0.15, 0.2) is 0 Å². The van der Waals surface area contributed by atoms with Gasteiger partial charge in [0, 0.05) is 25.2 Å². The third-order valence-corrected chi connectivity index (χ3v) is 3.68. The molecule has 2 saturated heterocycles. The molecule has 2 atom stereocenters. The third kappa shape index (κ3) is 2.84. The number of aliphatic hydroxyl groups is 1. The lowest BCUT2D eigenvalue weighted by molar-refractivity contribution is -0.0134. The van der Waals surface area contributed by atoms with Crippen LogP contribution in [0, 0.1) is 0 Å². The Balaban J connectivity index is 0.00000112. The number of piperidine rings is 1. The predicted octanol–water partition coefficient (Wildman–Crippen LogP) is 1.01. The smallest absolute Gasteiger partial charge is 0.0692 e. The van der Waals surface area contributed by atoms with Crippen LogP contribution in [-0.2, 0) is 0 Å². The largest absolute Gasteiger partial charge is 0.392 e. The molecule has 0 aromatic rings. The van der Waals surface area contributed by atoms with Gasteiger partial charge in [0.25, 0.3) is 0 Å². The number of halogens is 1. The molecule has 0 aromatic carbocycles. The molecule has 2 heterocycles. The fourth-order valence-electron chi connectivity index (χ4n) is 2.63. The molecular formula is C11H23ClN2O. The van der Waals surface area contributed by atoms with Gasteiger partial charge >= 0.3 is 0 Å². The highest BCUT2D eigenvalue weighted by molar-refractivity contribution is 5.85. The summed E-state index contributed by atoms with van der Waals surface area (Å²) in [7, 11) is 0. The first-order chi connectivity index (χ1) is 6.83. The lowest BCUT2D eigenvalue weighted by atomic mass is 9.93. The zero-order valence-corrected chi connectivity index (χ0v) is 10.3. The molecule has 0 bridgehead atoms. The second-order valence-electron chi connectivity index (χ2n) is 4.59. The Kier molecular flexibility index (Phi) is 5.33. The molecule has 0 radical (unpaired) electrons. The zero-order valence-electron chi connectivity index (χ0n) is 9.48. The Morgan fingerprint density at radius 3 is 2.67 bits per heavy atom. The summed E-state index contributed by atoms with van der Waals surface area (Å²) in [5.41, 5.74) is 0. The topological polar surface area (TPSA) is 35.5 Å². The molecule has 0 saturated carbocycles. The van der Waals surface area contributed by atoms with Gasteiger partial charge in [0.15, 0.2) is 0 Å². The predicted molar refractivity (Wildman–Crippen MR) is 64.5 cm³/mol. The van der Waals surface area contributed by atoms with Crippen LogP contribution in [0.4, 0.5) is 0 Å². The Morgan fingerprint density at radius 2 is 2.13 bits per heavy atom. The molecule has 0 spiro atoms. The molecule has 0 aromatic heterocycles. The van der Waals surface area contributed by atoms with E-state index in [1.807, 2.05) is 0 Å². The molecule has 2 rings (SSSR count). The fourth-order valence-corrected chi connectivity index (χ4v) is 2.63. The highest BCUT2D eigenvalue weighted by Crippen LogP contribution is 2.24. The molecule has 4 heteroatoms. The molecule has 0 amide bonds. The standard InChI is InChI=1S/C11H22N2O.ClH/c1-2-11(14)10-5-3-4-6-13(10)9-7-12-8-9;/h9-12,14H,2-8H2,1H3;1H. The van der Waals surface area contributed by atoms with Gasteiger partial charge in [-0.05, 0) is 25.8 Å². The van der Waals surface area contributed by atoms with Crippen molar-refractivity contribution >= 4 is 12.4 Å². The monoisotopic (exact) mass is 234 g/mol. The van der Waals surface area contributed by atoms with E-state index >= 15 is 0 Å². The van der Waals surface area contributed by atoms with Crippen LogP contribution in [-0.4, -0.2) is 47.8 Å². The van der Waals surface area contributed by atoms with Gasteiger partial charge < -0.3 is 10.4 Å². The van der Waals surface area contributed by atoms with Crippen molar-refractivity contribution in [2.75, 3.05) is 19.6 Å². The molecule has 0 aliphatic carbocycles. The van der Waals surface area contributed by atoms with E-state index in [-0.39, 0.29) is 18.5 Å². The average Bonchev–Trinajstić information content (AvgIpc) is 2.15. The molecule has 2 aliphatic heterocycles. The average molecular weight is 235 g/mol. The minimum atomic E-state index is -0.115. The molecule has 3 nitrogen and oxygen atoms in total. The van der Waals surface area contributed by atoms with E-state index in [0.29, 0.717) is 12.1 Å². The normalized spacial score (nSPS) is 30.4. The summed E-state index contributed by atoms with van der Waals surface area (Å²) < 4.78 is 0. The highest BCUT2D eigenvalue weighted by atomic mass is 35.5. The molecule has 2 N–H and O–H groups in total. The minimum Gasteiger partial charge on any atom is -0.392 e. The Hall–Kier alpha value is 0.170. The molecular weight excluding hydrogens is 212 g/mol. The van der Waals surface area contributed by atoms with Crippen LogP contribution in [0.3, 0.4) is 0 Å². The zero-order chi connectivity index (χ0) is 9.97. The Morgan fingerprint density at radius 1 is 1.40 bits per heavy atom. The summed E-state index contributed by atoms with van der Waals surface area (Å²) in [4.78, 5) is 2.54. The van der Waals surface area contributed by atoms with E-state index in [4.69, 9.17) is 0 Å². The quantitative estimate of drug-likeness (QED) is 0.765. The first-order valence-corrected chi connectivity index (χ1v) is 5.97. The van der Waals surface area contributed by atoms with Crippen molar-refractivity contribution in [1.82, 2.24) is 10.2 Å². The molecule has 2 aliphatic rings. The van der Waals surface area contributed by atoms with Crippen LogP contribution >= 0.6 is 12.4 Å². The minimum absolute atomic E-state index is 0. The van der Waals surface area contributed by atoms with Gasteiger partial charge in [-0.25, -0.2) is 0 Å². The van der Waals surface area contributed by atoms with Gasteiger partial charge in [0.1, 0.15) is 0 Å². The number of nitrogens with one attached hydrogen (secondary N) is 1. The molecule has 2 fully saturated rings. The van der Waals surface area contributed by atoms with Crippen molar-refractivity contribution in [2.24, 2.45) is 0 Å². The maximum atomic E-state index is 9.96. The fraction of sp³-hybridized carbons (Fsp3) is 1.00. The van der Waals surface area contributed by atoms with Gasteiger partial charge in [0.2, 0.25) is 0 Å². The lowest BCUT2D eigenvalue weighted by Crippen LogP contribution is -2.63. The first-order valence-electron chi connectivity index (χ1n) is 5.97. The van der Waals surface area contributed by atoms with Gasteiger partial charge in [-0.1, -0.05) is 13.3 Å². The van der Waals surface area contributed by atoms with Crippen LogP contribution in [0.2, 0.25) is 0 Å². The summed E-state index contributed by atoms with van der Waals surface area (Å²) in [5, 5.41) is 13.3. The highest BCUT2D eigenvalue weighted by Gasteiger charge is 2.34. The van der Waals surface area contributed by atoms with E-state index in [0.717, 1.165) is 19.5 Å². The summed E-state index contributed by atoms with van der Waals surface area (Å²) in [6.45, 7) is 5.50. The van der Waals surface area contributed by atoms with Crippen LogP contribution in [0.5, 0.6) is 0 Å². The van der Waals surface area contributed by atoms with E-state index < -0.39 is 0 Å². The van der Waals surface area contributed by atoms with Crippen molar-refractivity contribution in [3.8, 4) is 0 Å². The summed E-state index contributed by atoms with van der Waals surface area (Å²) >= 11 is 0. The third-order valence-electron chi connectivity index (χ3n) is 3.68. The van der Waals surface area contributed by atoms with Crippen molar-refractivity contribution in [1.29, 1.82) is 0 Å². The molecule has 2 unspecified atom stereocenters. The van der Waals surface area contributed by atoms with Gasteiger partial charge in [-0.15, -0.1) is 12.4 Å². The number of rotatable bonds is 3. The van der Waals surface area contributed by atoms with E-state index in [1.54, 1.807) is 0 Å². The summed E-state index contributed by atoms with van der Waals surface area (Å²) in [5.74, 6) is 0. The van der Waals surface area contributed by atoms with E-state index in [2.05, 4.69) is 17.1 Å². The van der Waals surface area contributed by atoms with Crippen molar-refractivity contribution in [2.45, 2.75) is 50.8 Å². The maximum absolute atomic E-state index is 9.96. The molecule has 90 valence electrons. The SMILES string of the molecule is CCC(O)C1CCCCN1C1CNC1.Cl.